The van der Waals surface area contributed by atoms with Crippen molar-refractivity contribution in [2.45, 2.75) is 5.41 Å². The predicted octanol–water partition coefficient (Wildman–Crippen LogP) is 27.0. The minimum Gasteiger partial charge on any atom is -0.310 e. The van der Waals surface area contributed by atoms with Crippen LogP contribution in [-0.2, 0) is 5.41 Å². The van der Waals surface area contributed by atoms with Gasteiger partial charge < -0.3 is 24.2 Å². The molecule has 18 aromatic rings. The number of hydrogen-bond donors (Lipinski definition) is 0. The molecule has 488 valence electrons. The van der Waals surface area contributed by atoms with Gasteiger partial charge in [-0.3, -0.25) is 0 Å². The number of nitrogens with zero attached hydrogens (tertiary/aromatic N) is 5. The normalized spacial score (nSPS) is 12.3. The van der Waals surface area contributed by atoms with Crippen LogP contribution < -0.4 is 19.6 Å². The Balaban J connectivity index is 0.796. The average Bonchev–Trinajstić information content (AvgIpc) is 1.48. The van der Waals surface area contributed by atoms with Crippen LogP contribution in [0.4, 0.5) is 68.2 Å². The van der Waals surface area contributed by atoms with Gasteiger partial charge in [-0.15, -0.1) is 0 Å². The van der Waals surface area contributed by atoms with Crippen molar-refractivity contribution in [3.05, 3.63) is 429 Å². The molecule has 0 radical (unpaired) electrons. The second-order valence-electron chi connectivity index (χ2n) is 27.1. The molecule has 1 aliphatic heterocycles. The van der Waals surface area contributed by atoms with Crippen LogP contribution in [0.15, 0.2) is 406 Å². The van der Waals surface area contributed by atoms with Crippen LogP contribution in [0.5, 0.6) is 0 Å². The number of para-hydroxylation sites is 5. The van der Waals surface area contributed by atoms with E-state index in [1.165, 1.54) is 93.5 Å². The topological polar surface area (TPSA) is 17.9 Å². The Morgan fingerprint density at radius 2 is 0.529 bits per heavy atom. The molecule has 0 bridgehead atoms. The molecule has 5 heteroatoms. The number of fused-ring (bicyclic) bond motifs is 14. The van der Waals surface area contributed by atoms with Gasteiger partial charge in [0.2, 0.25) is 0 Å². The summed E-state index contributed by atoms with van der Waals surface area (Å²) in [6, 6.07) is 150. The van der Waals surface area contributed by atoms with E-state index >= 15 is 0 Å². The van der Waals surface area contributed by atoms with Crippen LogP contribution in [0.1, 0.15) is 22.3 Å². The minimum atomic E-state index is -0.820. The Morgan fingerprint density at radius 1 is 0.202 bits per heavy atom. The van der Waals surface area contributed by atoms with Gasteiger partial charge in [-0.25, -0.2) is 0 Å². The first-order valence-electron chi connectivity index (χ1n) is 35.8. The molecule has 1 aliphatic carbocycles. The molecule has 0 N–H and O–H groups in total. The van der Waals surface area contributed by atoms with Gasteiger partial charge >= 0.3 is 0 Å². The van der Waals surface area contributed by atoms with Gasteiger partial charge in [0.1, 0.15) is 0 Å². The summed E-state index contributed by atoms with van der Waals surface area (Å²) in [5, 5.41) is 7.23. The van der Waals surface area contributed by atoms with E-state index < -0.39 is 5.41 Å². The molecule has 2 aliphatic rings. The maximum atomic E-state index is 2.55. The molecule has 0 fully saturated rings. The number of rotatable bonds is 14. The zero-order valence-electron chi connectivity index (χ0n) is 56.9. The number of anilines is 12. The second kappa shape index (κ2) is 24.9. The standard InChI is InChI=1S/C99H67N5/c1-5-24-68(25-6-1)70-46-50-76(51-47-70)100(78-54-58-80(59-55-78)102(74-32-9-3-10-33-74)94-44-21-30-72-28-13-15-36-84(72)94)82-62-64-86-87-65-63-83(67-93(87)99(92(86)66-82)90-40-18-20-43-97(90)104-96-42-19-17-38-88(96)89-39-23-41-91(99)98(89)104)101(77-52-48-71(49-53-77)69-26-7-2-8-27-69)79-56-60-81(61-57-79)103(75-34-11-4-12-35-75)95-45-22-31-73-29-14-16-37-85(73)95/h1-67H. The third kappa shape index (κ3) is 9.77. The van der Waals surface area contributed by atoms with Crippen molar-refractivity contribution in [3.63, 3.8) is 0 Å². The summed E-state index contributed by atoms with van der Waals surface area (Å²) in [5.41, 5.74) is 27.6. The predicted molar refractivity (Wildman–Crippen MR) is 436 cm³/mol. The van der Waals surface area contributed by atoms with Gasteiger partial charge in [0.15, 0.2) is 0 Å². The van der Waals surface area contributed by atoms with Gasteiger partial charge in [-0.1, -0.05) is 261 Å². The SMILES string of the molecule is c1ccc(-c2ccc(N(c3ccc(N(c4ccccc4)c4cccc5ccccc45)cc3)c3ccc4c(c3)C3(c5cc(N(c6ccc(-c7ccccc7)cc6)c6ccc(N(c7ccccc7)c7cccc8ccccc78)cc6)ccc5-4)c4ccccc4-n4c5ccccc5c5cccc3c54)cc2)cc1. The van der Waals surface area contributed by atoms with Crippen LogP contribution in [0.3, 0.4) is 0 Å². The third-order valence-corrected chi connectivity index (χ3v) is 21.5. The maximum absolute atomic E-state index is 2.55. The molecule has 0 amide bonds. The minimum absolute atomic E-state index is 0.820. The zero-order valence-corrected chi connectivity index (χ0v) is 56.9. The van der Waals surface area contributed by atoms with E-state index in [9.17, 15) is 0 Å². The molecule has 17 aromatic carbocycles. The lowest BCUT2D eigenvalue weighted by Crippen LogP contribution is -2.33. The zero-order chi connectivity index (χ0) is 68.7. The smallest absolute Gasteiger partial charge is 0.0756 e. The van der Waals surface area contributed by atoms with Crippen LogP contribution >= 0.6 is 0 Å². The molecule has 0 saturated heterocycles. The third-order valence-electron chi connectivity index (χ3n) is 21.5. The lowest BCUT2D eigenvalue weighted by atomic mass is 9.65. The largest absolute Gasteiger partial charge is 0.310 e. The fourth-order valence-corrected chi connectivity index (χ4v) is 16.9. The lowest BCUT2D eigenvalue weighted by molar-refractivity contribution is 0.748. The first-order valence-corrected chi connectivity index (χ1v) is 35.8. The summed E-state index contributed by atoms with van der Waals surface area (Å²) in [4.78, 5) is 9.70. The molecule has 1 aromatic heterocycles. The summed E-state index contributed by atoms with van der Waals surface area (Å²) >= 11 is 0. The van der Waals surface area contributed by atoms with Crippen LogP contribution in [0.25, 0.3) is 82.4 Å². The summed E-state index contributed by atoms with van der Waals surface area (Å²) < 4.78 is 2.55. The van der Waals surface area contributed by atoms with Crippen molar-refractivity contribution in [2.75, 3.05) is 19.6 Å². The maximum Gasteiger partial charge on any atom is 0.0756 e. The van der Waals surface area contributed by atoms with E-state index in [2.05, 4.69) is 431 Å². The quantitative estimate of drug-likeness (QED) is 0.108. The van der Waals surface area contributed by atoms with Crippen molar-refractivity contribution in [1.82, 2.24) is 4.57 Å². The second-order valence-corrected chi connectivity index (χ2v) is 27.1. The van der Waals surface area contributed by atoms with E-state index in [4.69, 9.17) is 0 Å². The molecule has 5 nitrogen and oxygen atoms in total. The van der Waals surface area contributed by atoms with Crippen LogP contribution in [0.2, 0.25) is 0 Å². The molecule has 0 saturated carbocycles. The first-order chi connectivity index (χ1) is 51.6. The Hall–Kier alpha value is -13.7. The fourth-order valence-electron chi connectivity index (χ4n) is 16.9. The molecule has 20 rings (SSSR count). The fraction of sp³-hybridized carbons (Fsp3) is 0.0101. The van der Waals surface area contributed by atoms with Crippen LogP contribution in [-0.4, -0.2) is 4.57 Å². The molecule has 2 heterocycles. The van der Waals surface area contributed by atoms with Crippen molar-refractivity contribution in [1.29, 1.82) is 0 Å². The molecular weight excluding hydrogens is 1260 g/mol. The van der Waals surface area contributed by atoms with E-state index in [1.54, 1.807) is 0 Å². The molecular formula is C99H67N5. The van der Waals surface area contributed by atoms with Gasteiger partial charge in [0.25, 0.3) is 0 Å². The molecule has 0 unspecified atom stereocenters. The number of hydrogen-bond acceptors (Lipinski definition) is 4. The number of aromatic nitrogens is 1. The van der Waals surface area contributed by atoms with Crippen molar-refractivity contribution >= 4 is 112 Å². The van der Waals surface area contributed by atoms with Gasteiger partial charge in [-0.05, 0) is 212 Å². The Kier molecular flexibility index (Phi) is 14.4. The van der Waals surface area contributed by atoms with E-state index in [0.29, 0.717) is 0 Å². The van der Waals surface area contributed by atoms with Gasteiger partial charge in [0, 0.05) is 78.4 Å². The summed E-state index contributed by atoms with van der Waals surface area (Å²) in [6.45, 7) is 0. The molecule has 0 atom stereocenters. The highest BCUT2D eigenvalue weighted by Gasteiger charge is 2.51. The van der Waals surface area contributed by atoms with Crippen molar-refractivity contribution in [3.8, 4) is 39.1 Å². The summed E-state index contributed by atoms with van der Waals surface area (Å²) in [7, 11) is 0. The Morgan fingerprint density at radius 3 is 1.01 bits per heavy atom. The first kappa shape index (κ1) is 60.2. The highest BCUT2D eigenvalue weighted by Crippen LogP contribution is 2.63. The van der Waals surface area contributed by atoms with Crippen molar-refractivity contribution in [2.24, 2.45) is 0 Å². The molecule has 1 spiro atoms. The van der Waals surface area contributed by atoms with E-state index in [-0.39, 0.29) is 0 Å². The Bertz CT molecular complexity index is 5960. The lowest BCUT2D eigenvalue weighted by Gasteiger charge is -2.40. The highest BCUT2D eigenvalue weighted by atomic mass is 15.2. The van der Waals surface area contributed by atoms with E-state index in [1.807, 2.05) is 0 Å². The number of benzene rings is 17. The van der Waals surface area contributed by atoms with Gasteiger partial charge in [0.05, 0.1) is 33.5 Å². The Labute approximate surface area is 605 Å². The van der Waals surface area contributed by atoms with Crippen LogP contribution in [0, 0.1) is 0 Å². The van der Waals surface area contributed by atoms with Gasteiger partial charge in [-0.2, -0.15) is 0 Å². The monoisotopic (exact) mass is 1330 g/mol. The highest BCUT2D eigenvalue weighted by molar-refractivity contribution is 6.13. The van der Waals surface area contributed by atoms with E-state index in [0.717, 1.165) is 79.4 Å². The average molecular weight is 1330 g/mol. The van der Waals surface area contributed by atoms with Crippen molar-refractivity contribution < 1.29 is 0 Å². The molecule has 104 heavy (non-hydrogen) atoms. The summed E-state index contributed by atoms with van der Waals surface area (Å²) in [6.07, 6.45) is 0. The summed E-state index contributed by atoms with van der Waals surface area (Å²) in [5.74, 6) is 0.